The second kappa shape index (κ2) is 16.8. The van der Waals surface area contributed by atoms with Gasteiger partial charge in [-0.3, -0.25) is 9.69 Å². The molecule has 1 N–H and O–H groups in total. The van der Waals surface area contributed by atoms with E-state index in [9.17, 15) is 14.4 Å². The van der Waals surface area contributed by atoms with Gasteiger partial charge in [-0.05, 0) is 76.2 Å². The first-order chi connectivity index (χ1) is 23.2. The van der Waals surface area contributed by atoms with Crippen molar-refractivity contribution in [2.24, 2.45) is 5.92 Å². The number of carbonyl (C=O) groups excluding carboxylic acids is 3. The molecule has 2 amide bonds. The number of nitrogens with one attached hydrogen (secondary N) is 1. The van der Waals surface area contributed by atoms with Gasteiger partial charge in [-0.2, -0.15) is 0 Å². The summed E-state index contributed by atoms with van der Waals surface area (Å²) in [6, 6.07) is 19.3. The van der Waals surface area contributed by atoms with Crippen LogP contribution in [0.1, 0.15) is 95.4 Å². The second-order valence-electron chi connectivity index (χ2n) is 16.1. The van der Waals surface area contributed by atoms with Crippen LogP contribution < -0.4 is 15.7 Å². The molecule has 3 rings (SSSR count). The average molecular weight is 713 g/mol. The minimum atomic E-state index is -2.97. The Balaban J connectivity index is 2.16. The van der Waals surface area contributed by atoms with Crippen LogP contribution in [0.15, 0.2) is 60.7 Å². The zero-order chi connectivity index (χ0) is 37.5. The van der Waals surface area contributed by atoms with Crippen LogP contribution in [0.4, 0.5) is 4.79 Å². The van der Waals surface area contributed by atoms with Gasteiger partial charge >= 0.3 is 12.1 Å². The van der Waals surface area contributed by atoms with Gasteiger partial charge in [0.05, 0.1) is 6.10 Å². The first-order valence-electron chi connectivity index (χ1n) is 17.7. The van der Waals surface area contributed by atoms with Crippen molar-refractivity contribution in [3.63, 3.8) is 0 Å². The van der Waals surface area contributed by atoms with Crippen LogP contribution in [0.25, 0.3) is 0 Å². The van der Waals surface area contributed by atoms with Gasteiger partial charge in [-0.25, -0.2) is 9.59 Å². The summed E-state index contributed by atoms with van der Waals surface area (Å²) in [5, 5.41) is 4.65. The summed E-state index contributed by atoms with van der Waals surface area (Å²) < 4.78 is 30.9. The van der Waals surface area contributed by atoms with Crippen LogP contribution in [0.5, 0.6) is 0 Å². The average Bonchev–Trinajstić information content (AvgIpc) is 3.37. The third-order valence-electron chi connectivity index (χ3n) is 8.79. The highest BCUT2D eigenvalue weighted by atomic mass is 28.4. The molecule has 2 unspecified atom stereocenters. The van der Waals surface area contributed by atoms with E-state index >= 15 is 0 Å². The predicted molar refractivity (Wildman–Crippen MR) is 198 cm³/mol. The van der Waals surface area contributed by atoms with Gasteiger partial charge in [0.25, 0.3) is 8.32 Å². The Kier molecular flexibility index (Phi) is 13.9. The summed E-state index contributed by atoms with van der Waals surface area (Å²) in [4.78, 5) is 41.5. The highest BCUT2D eigenvalue weighted by molar-refractivity contribution is 6.99. The number of rotatable bonds is 13. The zero-order valence-electron chi connectivity index (χ0n) is 32.2. The lowest BCUT2D eigenvalue weighted by molar-refractivity contribution is -0.182. The van der Waals surface area contributed by atoms with Gasteiger partial charge in [-0.1, -0.05) is 88.4 Å². The summed E-state index contributed by atoms with van der Waals surface area (Å²) in [7, 11) is -1.52. The van der Waals surface area contributed by atoms with Crippen molar-refractivity contribution in [3.8, 4) is 0 Å². The van der Waals surface area contributed by atoms with Crippen LogP contribution in [0.2, 0.25) is 5.04 Å². The van der Waals surface area contributed by atoms with Gasteiger partial charge in [0.15, 0.2) is 0 Å². The molecular weight excluding hydrogens is 653 g/mol. The maximum absolute atomic E-state index is 14.1. The maximum atomic E-state index is 14.1. The fraction of sp³-hybridized carbons (Fsp3) is 0.615. The molecule has 0 aromatic heterocycles. The molecule has 0 aliphatic carbocycles. The summed E-state index contributed by atoms with van der Waals surface area (Å²) >= 11 is 0. The van der Waals surface area contributed by atoms with Crippen LogP contribution in [0.3, 0.4) is 0 Å². The molecule has 1 heterocycles. The number of hydrogen-bond donors (Lipinski definition) is 1. The van der Waals surface area contributed by atoms with Crippen LogP contribution in [-0.2, 0) is 33.0 Å². The quantitative estimate of drug-likeness (QED) is 0.150. The fourth-order valence-corrected chi connectivity index (χ4v) is 11.3. The Bertz CT molecular complexity index is 1360. The topological polar surface area (TPSA) is 113 Å². The molecule has 2 aromatic carbocycles. The van der Waals surface area contributed by atoms with E-state index in [1.165, 1.54) is 14.0 Å². The Morgan fingerprint density at radius 1 is 0.860 bits per heavy atom. The first-order valence-corrected chi connectivity index (χ1v) is 19.6. The fourth-order valence-electron chi connectivity index (χ4n) is 6.73. The van der Waals surface area contributed by atoms with E-state index in [4.69, 9.17) is 23.4 Å². The third-order valence-corrected chi connectivity index (χ3v) is 13.8. The Morgan fingerprint density at radius 3 is 1.80 bits per heavy atom. The summed E-state index contributed by atoms with van der Waals surface area (Å²) in [5.74, 6) is -1.09. The SMILES string of the molecule is CCC(C[C@@H]1[C@H](CO[Si](c2ccccc2)(c2ccccc2)C(C)(C)C)C[C@H](C(=O)OC(C)(C)C)N1C(=O)OC(C)(C)C)OC(NC(C)=O)OC. The number of carbonyl (C=O) groups is 3. The Hall–Kier alpha value is -3.25. The normalized spacial score (nSPS) is 19.8. The first kappa shape index (κ1) is 41.2. The minimum absolute atomic E-state index is 0.270. The van der Waals surface area contributed by atoms with E-state index in [-0.39, 0.29) is 23.5 Å². The van der Waals surface area contributed by atoms with E-state index in [2.05, 4.69) is 50.4 Å². The van der Waals surface area contributed by atoms with Gasteiger partial charge < -0.3 is 28.7 Å². The highest BCUT2D eigenvalue weighted by Gasteiger charge is 2.54. The van der Waals surface area contributed by atoms with E-state index in [1.54, 1.807) is 25.7 Å². The van der Waals surface area contributed by atoms with Gasteiger partial charge in [-0.15, -0.1) is 0 Å². The van der Waals surface area contributed by atoms with Gasteiger partial charge in [0.2, 0.25) is 12.3 Å². The van der Waals surface area contributed by atoms with Crippen molar-refractivity contribution in [3.05, 3.63) is 60.7 Å². The van der Waals surface area contributed by atoms with Crippen molar-refractivity contribution in [2.75, 3.05) is 13.7 Å². The lowest BCUT2D eigenvalue weighted by atomic mass is 9.94. The number of methoxy groups -OCH3 is 1. The van der Waals surface area contributed by atoms with Crippen LogP contribution in [-0.4, -0.2) is 80.7 Å². The molecule has 5 atom stereocenters. The van der Waals surface area contributed by atoms with Crippen LogP contribution in [0, 0.1) is 5.92 Å². The van der Waals surface area contributed by atoms with Crippen molar-refractivity contribution in [2.45, 2.75) is 136 Å². The molecule has 278 valence electrons. The third kappa shape index (κ3) is 10.6. The lowest BCUT2D eigenvalue weighted by Gasteiger charge is -2.44. The molecule has 10 nitrogen and oxygen atoms in total. The molecule has 1 fully saturated rings. The molecule has 1 aliphatic rings. The molecule has 0 spiro atoms. The van der Waals surface area contributed by atoms with E-state index in [0.717, 1.165) is 10.4 Å². The molecule has 1 saturated heterocycles. The Labute approximate surface area is 300 Å². The van der Waals surface area contributed by atoms with Crippen molar-refractivity contribution >= 4 is 36.7 Å². The largest absolute Gasteiger partial charge is 0.458 e. The number of hydrogen-bond acceptors (Lipinski definition) is 8. The smallest absolute Gasteiger partial charge is 0.411 e. The molecule has 1 aliphatic heterocycles. The van der Waals surface area contributed by atoms with Crippen LogP contribution >= 0.6 is 0 Å². The monoisotopic (exact) mass is 712 g/mol. The number of ether oxygens (including phenoxy) is 4. The molecule has 0 saturated carbocycles. The standard InChI is InChI=1S/C39H60N2O8Si/c1-13-29(47-35(45-12)40-27(2)42)25-32-28(24-33(34(43)48-37(3,4)5)41(32)36(44)49-38(6,7)8)26-46-50(39(9,10)11,30-20-16-14-17-21-30)31-22-18-15-19-23-31/h14-23,28-29,32-33,35H,13,24-26H2,1-12H3,(H,40,42)/t28-,29?,32+,33+,35?/m0/s1. The molecule has 0 radical (unpaired) electrons. The minimum Gasteiger partial charge on any atom is -0.458 e. The number of likely N-dealkylation sites (tertiary alicyclic amines) is 1. The summed E-state index contributed by atoms with van der Waals surface area (Å²) in [6.07, 6.45) is -0.837. The van der Waals surface area contributed by atoms with Crippen molar-refractivity contribution in [1.29, 1.82) is 0 Å². The molecule has 50 heavy (non-hydrogen) atoms. The molecule has 0 bridgehead atoms. The number of esters is 1. The van der Waals surface area contributed by atoms with Crippen molar-refractivity contribution < 1.29 is 37.8 Å². The number of amides is 2. The number of nitrogens with zero attached hydrogens (tertiary/aromatic N) is 1. The molecular formula is C39H60N2O8Si. The van der Waals surface area contributed by atoms with E-state index < -0.39 is 56.2 Å². The van der Waals surface area contributed by atoms with E-state index in [1.807, 2.05) is 64.1 Å². The highest BCUT2D eigenvalue weighted by Crippen LogP contribution is 2.41. The number of benzene rings is 2. The zero-order valence-corrected chi connectivity index (χ0v) is 33.2. The predicted octanol–water partition coefficient (Wildman–Crippen LogP) is 6.15. The van der Waals surface area contributed by atoms with Gasteiger partial charge in [0, 0.05) is 32.6 Å². The summed E-state index contributed by atoms with van der Waals surface area (Å²) in [5.41, 5.74) is -1.58. The van der Waals surface area contributed by atoms with E-state index in [0.29, 0.717) is 19.3 Å². The molecule has 2 aromatic rings. The maximum Gasteiger partial charge on any atom is 0.411 e. The second-order valence-corrected chi connectivity index (χ2v) is 20.5. The summed E-state index contributed by atoms with van der Waals surface area (Å²) in [6.45, 7) is 21.1. The van der Waals surface area contributed by atoms with Crippen molar-refractivity contribution in [1.82, 2.24) is 10.2 Å². The molecule has 11 heteroatoms. The van der Waals surface area contributed by atoms with Gasteiger partial charge in [0.1, 0.15) is 17.2 Å². The lowest BCUT2D eigenvalue weighted by Crippen LogP contribution is -2.67. The Morgan fingerprint density at radius 2 is 1.38 bits per heavy atom.